The lowest BCUT2D eigenvalue weighted by Gasteiger charge is -2.33. The Bertz CT molecular complexity index is 2240. The third-order valence-corrected chi connectivity index (χ3v) is 11.6. The molecule has 8 rings (SSSR count). The van der Waals surface area contributed by atoms with E-state index in [1.165, 1.54) is 0 Å². The second-order valence-electron chi connectivity index (χ2n) is 15.4. The van der Waals surface area contributed by atoms with E-state index in [1.54, 1.807) is 18.3 Å². The fourth-order valence-corrected chi connectivity index (χ4v) is 9.01. The smallest absolute Gasteiger partial charge is 0.434 e. The van der Waals surface area contributed by atoms with Crippen LogP contribution in [0.4, 0.5) is 23.5 Å². The van der Waals surface area contributed by atoms with E-state index in [0.29, 0.717) is 79.9 Å². The van der Waals surface area contributed by atoms with E-state index in [0.717, 1.165) is 30.6 Å². The Kier molecular flexibility index (Phi) is 9.87. The van der Waals surface area contributed by atoms with Crippen LogP contribution in [0.5, 0.6) is 5.75 Å². The van der Waals surface area contributed by atoms with Crippen molar-refractivity contribution in [3.8, 4) is 17.1 Å². The average molecular weight is 772 g/mol. The van der Waals surface area contributed by atoms with E-state index in [9.17, 15) is 32.3 Å². The number of aliphatic carboxylic acids is 1. The number of carbonyl (C=O) groups is 2. The molecule has 5 aromatic rings. The number of piperidine rings is 1. The third-order valence-electron chi connectivity index (χ3n) is 11.6. The summed E-state index contributed by atoms with van der Waals surface area (Å²) in [6.07, 6.45) is 3.81. The van der Waals surface area contributed by atoms with Gasteiger partial charge in [0.2, 0.25) is 5.95 Å². The number of carboxylic acid groups (broad SMARTS) is 1. The first-order chi connectivity index (χ1) is 26.9. The van der Waals surface area contributed by atoms with Gasteiger partial charge in [-0.2, -0.15) is 13.2 Å². The molecule has 1 amide bonds. The predicted octanol–water partition coefficient (Wildman–Crippen LogP) is 7.35. The summed E-state index contributed by atoms with van der Waals surface area (Å²) in [5.74, 6) is -2.14. The number of nitrogens with zero attached hydrogens (tertiary/aromatic N) is 6. The number of hydrogen-bond donors (Lipinski definition) is 2. The van der Waals surface area contributed by atoms with Crippen molar-refractivity contribution in [3.05, 3.63) is 96.0 Å². The summed E-state index contributed by atoms with van der Waals surface area (Å²) in [5, 5.41) is 13.4. The van der Waals surface area contributed by atoms with E-state index < -0.39 is 40.7 Å². The van der Waals surface area contributed by atoms with Crippen LogP contribution in [0.15, 0.2) is 73.3 Å². The van der Waals surface area contributed by atoms with E-state index in [-0.39, 0.29) is 36.1 Å². The normalized spacial score (nSPS) is 22.7. The zero-order valence-electron chi connectivity index (χ0n) is 30.7. The van der Waals surface area contributed by atoms with Gasteiger partial charge < -0.3 is 24.6 Å². The Morgan fingerprint density at radius 3 is 2.46 bits per heavy atom. The maximum absolute atomic E-state index is 14.7. The molecule has 4 unspecified atom stereocenters. The van der Waals surface area contributed by atoms with Crippen molar-refractivity contribution < 1.29 is 37.0 Å². The van der Waals surface area contributed by atoms with Gasteiger partial charge in [0.1, 0.15) is 17.4 Å². The van der Waals surface area contributed by atoms with Crippen LogP contribution in [0, 0.1) is 23.6 Å². The van der Waals surface area contributed by atoms with Crippen LogP contribution in [0.1, 0.15) is 67.1 Å². The fraction of sp³-hybridized carbons (Fsp3) is 0.415. The summed E-state index contributed by atoms with van der Waals surface area (Å²) < 4.78 is 65.9. The van der Waals surface area contributed by atoms with Crippen molar-refractivity contribution in [1.82, 2.24) is 29.8 Å². The monoisotopic (exact) mass is 771 g/mol. The molecule has 4 atom stereocenters. The lowest BCUT2D eigenvalue weighted by atomic mass is 9.78. The molecule has 3 fully saturated rings. The Morgan fingerprint density at radius 1 is 1.00 bits per heavy atom. The number of carbonyl (C=O) groups excluding carboxylic acids is 1. The zero-order valence-corrected chi connectivity index (χ0v) is 30.7. The zero-order chi connectivity index (χ0) is 39.2. The van der Waals surface area contributed by atoms with E-state index in [4.69, 9.17) is 4.74 Å². The molecule has 1 saturated heterocycles. The molecule has 11 nitrogen and oxygen atoms in total. The molecule has 3 aromatic heterocycles. The molecule has 0 spiro atoms. The fourth-order valence-electron chi connectivity index (χ4n) is 9.01. The molecule has 2 N–H and O–H groups in total. The molecular formula is C41H41F4N7O4. The molecule has 2 saturated carbocycles. The minimum atomic E-state index is -5.04. The first-order valence-electron chi connectivity index (χ1n) is 18.9. The van der Waals surface area contributed by atoms with Crippen LogP contribution in [0.25, 0.3) is 22.3 Å². The molecule has 0 radical (unpaired) electrons. The number of fused-ring (bicyclic) bond motifs is 3. The van der Waals surface area contributed by atoms with Crippen molar-refractivity contribution in [2.24, 2.45) is 17.8 Å². The molecule has 3 aliphatic rings. The Hall–Kier alpha value is -5.60. The van der Waals surface area contributed by atoms with Gasteiger partial charge in [-0.15, -0.1) is 0 Å². The van der Waals surface area contributed by atoms with Gasteiger partial charge in [-0.05, 0) is 67.6 Å². The van der Waals surface area contributed by atoms with Crippen LogP contribution in [-0.4, -0.2) is 66.2 Å². The van der Waals surface area contributed by atoms with Crippen LogP contribution in [0.3, 0.4) is 0 Å². The van der Waals surface area contributed by atoms with Gasteiger partial charge in [0.05, 0.1) is 23.5 Å². The van der Waals surface area contributed by atoms with Crippen LogP contribution < -0.4 is 15.0 Å². The average Bonchev–Trinajstić information content (AvgIpc) is 3.67. The maximum Gasteiger partial charge on any atom is 0.434 e. The Balaban J connectivity index is 1.09. The van der Waals surface area contributed by atoms with Crippen molar-refractivity contribution in [2.75, 3.05) is 18.0 Å². The van der Waals surface area contributed by atoms with E-state index in [1.807, 2.05) is 52.8 Å². The number of hydrogen-bond acceptors (Lipinski definition) is 8. The molecule has 4 heterocycles. The topological polar surface area (TPSA) is 135 Å². The lowest BCUT2D eigenvalue weighted by molar-refractivity contribution is -0.146. The van der Waals surface area contributed by atoms with Crippen LogP contribution in [-0.2, 0) is 23.9 Å². The third kappa shape index (κ3) is 7.38. The second-order valence-corrected chi connectivity index (χ2v) is 15.4. The number of halogens is 4. The number of alkyl halides is 3. The number of carboxylic acids is 1. The Labute approximate surface area is 320 Å². The molecule has 2 bridgehead atoms. The van der Waals surface area contributed by atoms with E-state index in [2.05, 4.69) is 25.3 Å². The number of aryl methyl sites for hydroxylation is 2. The summed E-state index contributed by atoms with van der Waals surface area (Å²) in [5.41, 5.74) is -1.80. The number of aromatic nitrogens is 5. The van der Waals surface area contributed by atoms with Crippen molar-refractivity contribution in [3.63, 3.8) is 0 Å². The van der Waals surface area contributed by atoms with Gasteiger partial charge >= 0.3 is 12.1 Å². The highest BCUT2D eigenvalue weighted by Gasteiger charge is 2.56. The molecule has 56 heavy (non-hydrogen) atoms. The van der Waals surface area contributed by atoms with E-state index >= 15 is 0 Å². The highest BCUT2D eigenvalue weighted by Crippen LogP contribution is 2.51. The Morgan fingerprint density at radius 2 is 1.75 bits per heavy atom. The summed E-state index contributed by atoms with van der Waals surface area (Å²) in [7, 11) is 0. The van der Waals surface area contributed by atoms with Gasteiger partial charge in [-0.1, -0.05) is 37.3 Å². The van der Waals surface area contributed by atoms with Crippen LogP contribution >= 0.6 is 0 Å². The van der Waals surface area contributed by atoms with Crippen molar-refractivity contribution >= 4 is 28.7 Å². The minimum absolute atomic E-state index is 0.0712. The van der Waals surface area contributed by atoms with Gasteiger partial charge in [-0.3, -0.25) is 4.79 Å². The number of amides is 1. The number of nitrogens with one attached hydrogen (secondary N) is 1. The highest BCUT2D eigenvalue weighted by atomic mass is 19.4. The molecule has 15 heteroatoms. The SMILES string of the molecule is CC1CC2CC(C1)C(NC(=O)c1cnc(-c3cn(CCc4ccccc4)c4cc(OC5CCN(c6ncc(F)cn6)CC5)ccc34)nc1C(F)(F)F)(C(=O)O)C2. The number of benzene rings is 2. The van der Waals surface area contributed by atoms with Crippen molar-refractivity contribution in [2.45, 2.75) is 76.2 Å². The molecule has 2 aromatic carbocycles. The van der Waals surface area contributed by atoms with Crippen LogP contribution in [0.2, 0.25) is 0 Å². The largest absolute Gasteiger partial charge is 0.490 e. The summed E-state index contributed by atoms with van der Waals surface area (Å²) in [4.78, 5) is 44.7. The van der Waals surface area contributed by atoms with Gasteiger partial charge in [0.25, 0.3) is 5.91 Å². The number of ether oxygens (including phenoxy) is 1. The molecular weight excluding hydrogens is 730 g/mol. The predicted molar refractivity (Wildman–Crippen MR) is 198 cm³/mol. The standard InChI is InChI=1S/C41H41F4N7O4/c1-24-15-26-17-27(16-24)40(19-26,38(54)55)50-37(53)32-22-46-36(49-35(32)41(43,44)45)33-23-52(12-9-25-5-3-2-4-6-25)34-18-30(7-8-31(33)34)56-29-10-13-51(14-11-29)39-47-20-28(42)21-48-39/h2-8,18,20-24,26-27,29H,9-17,19H2,1H3,(H,50,53)(H,54,55). The molecule has 1 aliphatic heterocycles. The summed E-state index contributed by atoms with van der Waals surface area (Å²) >= 11 is 0. The first-order valence-corrected chi connectivity index (χ1v) is 18.9. The number of rotatable bonds is 10. The summed E-state index contributed by atoms with van der Waals surface area (Å²) in [6, 6.07) is 15.2. The number of anilines is 1. The second kappa shape index (κ2) is 14.8. The van der Waals surface area contributed by atoms with Crippen molar-refractivity contribution in [1.29, 1.82) is 0 Å². The van der Waals surface area contributed by atoms with Gasteiger partial charge in [0, 0.05) is 61.9 Å². The van der Waals surface area contributed by atoms with Gasteiger partial charge in [-0.25, -0.2) is 29.1 Å². The summed E-state index contributed by atoms with van der Waals surface area (Å²) in [6.45, 7) is 3.74. The molecule has 2 aliphatic carbocycles. The van der Waals surface area contributed by atoms with Gasteiger partial charge in [0.15, 0.2) is 17.3 Å². The quantitative estimate of drug-likeness (QED) is 0.140. The highest BCUT2D eigenvalue weighted by molar-refractivity contribution is 6.00. The lowest BCUT2D eigenvalue weighted by Crippen LogP contribution is -2.57. The first kappa shape index (κ1) is 37.3. The maximum atomic E-state index is 14.7. The molecule has 292 valence electrons. The minimum Gasteiger partial charge on any atom is -0.490 e.